The fourth-order valence-corrected chi connectivity index (χ4v) is 2.05. The zero-order valence-corrected chi connectivity index (χ0v) is 12.2. The van der Waals surface area contributed by atoms with E-state index in [-0.39, 0.29) is 6.61 Å². The molecule has 5 heteroatoms. The highest BCUT2D eigenvalue weighted by molar-refractivity contribution is 6.42. The molecule has 0 spiro atoms. The highest BCUT2D eigenvalue weighted by Gasteiger charge is 2.12. The minimum absolute atomic E-state index is 0.200. The third-order valence-electron chi connectivity index (χ3n) is 2.72. The predicted octanol–water partition coefficient (Wildman–Crippen LogP) is 4.36. The van der Waals surface area contributed by atoms with Crippen molar-refractivity contribution in [1.82, 2.24) is 0 Å². The Balaban J connectivity index is 2.19. The molecule has 0 radical (unpaired) electrons. The second-order valence-electron chi connectivity index (χ2n) is 3.99. The maximum Gasteiger partial charge on any atom is 0.338 e. The van der Waals surface area contributed by atoms with E-state index in [0.29, 0.717) is 21.4 Å². The van der Waals surface area contributed by atoms with Crippen molar-refractivity contribution in [1.29, 1.82) is 0 Å². The van der Waals surface area contributed by atoms with Crippen molar-refractivity contribution in [2.45, 2.75) is 6.61 Å². The van der Waals surface area contributed by atoms with Crippen LogP contribution in [0, 0.1) is 0 Å². The summed E-state index contributed by atoms with van der Waals surface area (Å²) >= 11 is 12.0. The largest absolute Gasteiger partial charge is 0.487 e. The van der Waals surface area contributed by atoms with Gasteiger partial charge in [0.2, 0.25) is 0 Å². The molecule has 104 valence electrons. The van der Waals surface area contributed by atoms with E-state index in [1.54, 1.807) is 36.4 Å². The normalized spacial score (nSPS) is 10.2. The molecule has 0 aromatic heterocycles. The number of carbonyl (C=O) groups excluding carboxylic acids is 1. The average Bonchev–Trinajstić information content (AvgIpc) is 2.48. The van der Waals surface area contributed by atoms with Crippen LogP contribution in [0.4, 0.5) is 0 Å². The van der Waals surface area contributed by atoms with Crippen LogP contribution in [-0.2, 0) is 11.3 Å². The SMILES string of the molecule is COC(=O)c1ccccc1COc1cccc(Cl)c1Cl. The Morgan fingerprint density at radius 1 is 1.10 bits per heavy atom. The van der Waals surface area contributed by atoms with Gasteiger partial charge in [-0.15, -0.1) is 0 Å². The smallest absolute Gasteiger partial charge is 0.338 e. The third-order valence-corrected chi connectivity index (χ3v) is 3.52. The molecular formula is C15H12Cl2O3. The molecular weight excluding hydrogens is 299 g/mol. The summed E-state index contributed by atoms with van der Waals surface area (Å²) in [6.45, 7) is 0.200. The van der Waals surface area contributed by atoms with Gasteiger partial charge in [-0.1, -0.05) is 47.5 Å². The zero-order valence-electron chi connectivity index (χ0n) is 10.7. The van der Waals surface area contributed by atoms with Crippen molar-refractivity contribution >= 4 is 29.2 Å². The monoisotopic (exact) mass is 310 g/mol. The van der Waals surface area contributed by atoms with Gasteiger partial charge in [0.15, 0.2) is 0 Å². The van der Waals surface area contributed by atoms with E-state index in [0.717, 1.165) is 5.56 Å². The van der Waals surface area contributed by atoms with Crippen molar-refractivity contribution in [2.24, 2.45) is 0 Å². The number of ether oxygens (including phenoxy) is 2. The highest BCUT2D eigenvalue weighted by Crippen LogP contribution is 2.32. The van der Waals surface area contributed by atoms with E-state index in [4.69, 9.17) is 32.7 Å². The lowest BCUT2D eigenvalue weighted by atomic mass is 10.1. The lowest BCUT2D eigenvalue weighted by molar-refractivity contribution is 0.0598. The number of esters is 1. The predicted molar refractivity (Wildman–Crippen MR) is 78.6 cm³/mol. The highest BCUT2D eigenvalue weighted by atomic mass is 35.5. The molecule has 0 atom stereocenters. The number of hydrogen-bond donors (Lipinski definition) is 0. The first-order valence-corrected chi connectivity index (χ1v) is 6.62. The fraction of sp³-hybridized carbons (Fsp3) is 0.133. The molecule has 0 heterocycles. The van der Waals surface area contributed by atoms with Gasteiger partial charge >= 0.3 is 5.97 Å². The Bertz CT molecular complexity index is 626. The second kappa shape index (κ2) is 6.64. The Morgan fingerprint density at radius 2 is 1.85 bits per heavy atom. The minimum atomic E-state index is -0.401. The van der Waals surface area contributed by atoms with Gasteiger partial charge < -0.3 is 9.47 Å². The van der Waals surface area contributed by atoms with Crippen molar-refractivity contribution in [3.63, 3.8) is 0 Å². The van der Waals surface area contributed by atoms with E-state index in [9.17, 15) is 4.79 Å². The van der Waals surface area contributed by atoms with Crippen LogP contribution in [0.25, 0.3) is 0 Å². The van der Waals surface area contributed by atoms with Gasteiger partial charge in [-0.2, -0.15) is 0 Å². The molecule has 0 N–H and O–H groups in total. The molecule has 0 fully saturated rings. The molecule has 20 heavy (non-hydrogen) atoms. The van der Waals surface area contributed by atoms with Gasteiger partial charge in [0, 0.05) is 5.56 Å². The van der Waals surface area contributed by atoms with E-state index in [1.165, 1.54) is 7.11 Å². The number of rotatable bonds is 4. The first kappa shape index (κ1) is 14.7. The van der Waals surface area contributed by atoms with E-state index in [1.807, 2.05) is 6.07 Å². The third kappa shape index (κ3) is 3.24. The van der Waals surface area contributed by atoms with Crippen LogP contribution in [0.3, 0.4) is 0 Å². The number of methoxy groups -OCH3 is 1. The standard InChI is InChI=1S/C15H12Cl2O3/c1-19-15(18)11-6-3-2-5-10(11)9-20-13-8-4-7-12(16)14(13)17/h2-8H,9H2,1H3. The molecule has 0 aliphatic carbocycles. The fourth-order valence-electron chi connectivity index (χ4n) is 1.71. The number of carbonyl (C=O) groups is 1. The molecule has 0 saturated heterocycles. The molecule has 0 amide bonds. The van der Waals surface area contributed by atoms with Crippen molar-refractivity contribution in [2.75, 3.05) is 7.11 Å². The molecule has 2 rings (SSSR count). The first-order valence-electron chi connectivity index (χ1n) is 5.86. The van der Waals surface area contributed by atoms with Crippen LogP contribution in [-0.4, -0.2) is 13.1 Å². The van der Waals surface area contributed by atoms with Crippen LogP contribution >= 0.6 is 23.2 Å². The lowest BCUT2D eigenvalue weighted by Crippen LogP contribution is -2.07. The Kier molecular flexibility index (Phi) is 4.88. The van der Waals surface area contributed by atoms with Gasteiger partial charge in [-0.3, -0.25) is 0 Å². The van der Waals surface area contributed by atoms with E-state index < -0.39 is 5.97 Å². The average molecular weight is 311 g/mol. The molecule has 3 nitrogen and oxygen atoms in total. The summed E-state index contributed by atoms with van der Waals surface area (Å²) in [5, 5.41) is 0.773. The molecule has 0 bridgehead atoms. The van der Waals surface area contributed by atoms with Gasteiger partial charge in [0.05, 0.1) is 17.7 Å². The number of hydrogen-bond acceptors (Lipinski definition) is 3. The van der Waals surface area contributed by atoms with E-state index in [2.05, 4.69) is 0 Å². The molecule has 0 aliphatic rings. The summed E-state index contributed by atoms with van der Waals surface area (Å²) in [6.07, 6.45) is 0. The number of halogens is 2. The van der Waals surface area contributed by atoms with Gasteiger partial charge in [-0.25, -0.2) is 4.79 Å². The lowest BCUT2D eigenvalue weighted by Gasteiger charge is -2.11. The van der Waals surface area contributed by atoms with Gasteiger partial charge in [-0.05, 0) is 18.2 Å². The Morgan fingerprint density at radius 3 is 2.60 bits per heavy atom. The van der Waals surface area contributed by atoms with Crippen LogP contribution in [0.1, 0.15) is 15.9 Å². The number of benzene rings is 2. The van der Waals surface area contributed by atoms with Gasteiger partial charge in [0.25, 0.3) is 0 Å². The maximum atomic E-state index is 11.6. The van der Waals surface area contributed by atoms with Crippen LogP contribution in [0.2, 0.25) is 10.0 Å². The van der Waals surface area contributed by atoms with Crippen LogP contribution in [0.5, 0.6) is 5.75 Å². The summed E-state index contributed by atoms with van der Waals surface area (Å²) in [4.78, 5) is 11.6. The minimum Gasteiger partial charge on any atom is -0.487 e. The Labute approximate surface area is 127 Å². The molecule has 0 saturated carbocycles. The summed E-state index contributed by atoms with van der Waals surface area (Å²) < 4.78 is 10.3. The van der Waals surface area contributed by atoms with Crippen LogP contribution < -0.4 is 4.74 Å². The summed E-state index contributed by atoms with van der Waals surface area (Å²) in [7, 11) is 1.34. The second-order valence-corrected chi connectivity index (χ2v) is 4.77. The first-order chi connectivity index (χ1) is 9.63. The zero-order chi connectivity index (χ0) is 14.5. The van der Waals surface area contributed by atoms with Crippen molar-refractivity contribution in [3.05, 3.63) is 63.6 Å². The van der Waals surface area contributed by atoms with E-state index >= 15 is 0 Å². The molecule has 2 aromatic carbocycles. The molecule has 0 aliphatic heterocycles. The molecule has 0 unspecified atom stereocenters. The summed E-state index contributed by atoms with van der Waals surface area (Å²) in [6, 6.07) is 12.2. The van der Waals surface area contributed by atoms with Crippen molar-refractivity contribution in [3.8, 4) is 5.75 Å². The van der Waals surface area contributed by atoms with Gasteiger partial charge in [0.1, 0.15) is 17.4 Å². The maximum absolute atomic E-state index is 11.6. The molecule has 2 aromatic rings. The summed E-state index contributed by atoms with van der Waals surface area (Å²) in [5.41, 5.74) is 1.18. The Hall–Kier alpha value is -1.71. The summed E-state index contributed by atoms with van der Waals surface area (Å²) in [5.74, 6) is 0.0697. The topological polar surface area (TPSA) is 35.5 Å². The van der Waals surface area contributed by atoms with Crippen LogP contribution in [0.15, 0.2) is 42.5 Å². The quantitative estimate of drug-likeness (QED) is 0.787. The van der Waals surface area contributed by atoms with Crippen molar-refractivity contribution < 1.29 is 14.3 Å².